The highest BCUT2D eigenvalue weighted by molar-refractivity contribution is 9.10. The van der Waals surface area contributed by atoms with Crippen LogP contribution in [-0.2, 0) is 0 Å². The summed E-state index contributed by atoms with van der Waals surface area (Å²) in [6.07, 6.45) is 4.38. The number of halogens is 1. The average Bonchev–Trinajstić information content (AvgIpc) is 2.20. The molecule has 0 spiro atoms. The number of rotatable bonds is 1. The first-order valence-electron chi connectivity index (χ1n) is 5.21. The molecule has 14 heavy (non-hydrogen) atoms. The van der Waals surface area contributed by atoms with E-state index in [9.17, 15) is 5.11 Å². The van der Waals surface area contributed by atoms with Crippen molar-refractivity contribution in [3.05, 3.63) is 34.3 Å². The molecule has 0 bridgehead atoms. The largest absolute Gasteiger partial charge is 0.392 e. The molecule has 0 saturated heterocycles. The molecule has 76 valence electrons. The molecule has 0 radical (unpaired) electrons. The van der Waals surface area contributed by atoms with Gasteiger partial charge in [-0.05, 0) is 30.5 Å². The number of hydrogen-bond acceptors (Lipinski definition) is 1. The standard InChI is InChI=1S/C12H15BrO/c13-10-7-5-9(6-8-10)11-3-1-2-4-12(11)14/h5-8,11-12,14H,1-4H2/t11-,12+/m0/s1. The summed E-state index contributed by atoms with van der Waals surface area (Å²) in [5.74, 6) is 0.358. The van der Waals surface area contributed by atoms with Gasteiger partial charge in [-0.2, -0.15) is 0 Å². The zero-order valence-corrected chi connectivity index (χ0v) is 9.70. The van der Waals surface area contributed by atoms with E-state index >= 15 is 0 Å². The van der Waals surface area contributed by atoms with Crippen molar-refractivity contribution in [3.63, 3.8) is 0 Å². The summed E-state index contributed by atoms with van der Waals surface area (Å²) < 4.78 is 1.10. The fraction of sp³-hybridized carbons (Fsp3) is 0.500. The molecule has 1 aliphatic carbocycles. The van der Waals surface area contributed by atoms with Gasteiger partial charge in [0.2, 0.25) is 0 Å². The molecule has 1 aromatic carbocycles. The Balaban J connectivity index is 2.16. The minimum absolute atomic E-state index is 0.134. The van der Waals surface area contributed by atoms with Gasteiger partial charge in [-0.3, -0.25) is 0 Å². The fourth-order valence-electron chi connectivity index (χ4n) is 2.21. The van der Waals surface area contributed by atoms with E-state index in [0.717, 1.165) is 17.3 Å². The van der Waals surface area contributed by atoms with E-state index in [1.807, 2.05) is 0 Å². The Hall–Kier alpha value is -0.340. The Labute approximate surface area is 93.3 Å². The van der Waals surface area contributed by atoms with Crippen molar-refractivity contribution in [2.24, 2.45) is 0 Å². The second-order valence-corrected chi connectivity index (χ2v) is 4.93. The molecular weight excluding hydrogens is 240 g/mol. The highest BCUT2D eigenvalue weighted by Crippen LogP contribution is 2.33. The minimum Gasteiger partial charge on any atom is -0.392 e. The van der Waals surface area contributed by atoms with E-state index in [4.69, 9.17) is 0 Å². The smallest absolute Gasteiger partial charge is 0.0608 e. The molecule has 2 atom stereocenters. The number of aliphatic hydroxyl groups excluding tert-OH is 1. The van der Waals surface area contributed by atoms with Gasteiger partial charge in [0.25, 0.3) is 0 Å². The lowest BCUT2D eigenvalue weighted by molar-refractivity contribution is 0.106. The summed E-state index contributed by atoms with van der Waals surface area (Å²) in [6.45, 7) is 0. The topological polar surface area (TPSA) is 20.2 Å². The van der Waals surface area contributed by atoms with E-state index < -0.39 is 0 Å². The first kappa shape index (κ1) is 10.2. The number of benzene rings is 1. The summed E-state index contributed by atoms with van der Waals surface area (Å²) in [6, 6.07) is 8.33. The van der Waals surface area contributed by atoms with Gasteiger partial charge in [-0.15, -0.1) is 0 Å². The van der Waals surface area contributed by atoms with Crippen LogP contribution in [0.4, 0.5) is 0 Å². The maximum absolute atomic E-state index is 9.88. The van der Waals surface area contributed by atoms with Gasteiger partial charge >= 0.3 is 0 Å². The zero-order chi connectivity index (χ0) is 9.97. The maximum Gasteiger partial charge on any atom is 0.0608 e. The van der Waals surface area contributed by atoms with Gasteiger partial charge in [0, 0.05) is 10.4 Å². The molecule has 1 N–H and O–H groups in total. The van der Waals surface area contributed by atoms with Crippen LogP contribution in [-0.4, -0.2) is 11.2 Å². The predicted octanol–water partition coefficient (Wildman–Crippen LogP) is 3.47. The Morgan fingerprint density at radius 2 is 1.71 bits per heavy atom. The third-order valence-corrected chi connectivity index (χ3v) is 3.56. The van der Waals surface area contributed by atoms with Crippen LogP contribution in [0.1, 0.15) is 37.2 Å². The predicted molar refractivity (Wildman–Crippen MR) is 61.4 cm³/mol. The Kier molecular flexibility index (Phi) is 3.24. The van der Waals surface area contributed by atoms with E-state index in [-0.39, 0.29) is 6.10 Å². The second kappa shape index (κ2) is 4.45. The number of aliphatic hydroxyl groups is 1. The Bertz CT molecular complexity index is 294. The highest BCUT2D eigenvalue weighted by atomic mass is 79.9. The van der Waals surface area contributed by atoms with Crippen LogP contribution in [0.5, 0.6) is 0 Å². The molecule has 0 aliphatic heterocycles. The molecule has 2 heteroatoms. The van der Waals surface area contributed by atoms with Crippen molar-refractivity contribution in [2.45, 2.75) is 37.7 Å². The molecule has 0 amide bonds. The third kappa shape index (κ3) is 2.18. The monoisotopic (exact) mass is 254 g/mol. The van der Waals surface area contributed by atoms with Crippen molar-refractivity contribution in [2.75, 3.05) is 0 Å². The van der Waals surface area contributed by atoms with Crippen molar-refractivity contribution in [1.82, 2.24) is 0 Å². The van der Waals surface area contributed by atoms with Crippen LogP contribution >= 0.6 is 15.9 Å². The summed E-state index contributed by atoms with van der Waals surface area (Å²) in [4.78, 5) is 0. The summed E-state index contributed by atoms with van der Waals surface area (Å²) in [5, 5.41) is 9.88. The lowest BCUT2D eigenvalue weighted by atomic mass is 9.82. The zero-order valence-electron chi connectivity index (χ0n) is 8.12. The SMILES string of the molecule is O[C@@H]1CCCC[C@H]1c1ccc(Br)cc1. The number of hydrogen-bond donors (Lipinski definition) is 1. The van der Waals surface area contributed by atoms with Crippen LogP contribution in [0.15, 0.2) is 28.7 Å². The van der Waals surface area contributed by atoms with E-state index in [1.54, 1.807) is 0 Å². The van der Waals surface area contributed by atoms with Crippen LogP contribution in [0.25, 0.3) is 0 Å². The average molecular weight is 255 g/mol. The maximum atomic E-state index is 9.88. The molecule has 1 nitrogen and oxygen atoms in total. The molecule has 1 aliphatic rings. The quantitative estimate of drug-likeness (QED) is 0.814. The summed E-state index contributed by atoms with van der Waals surface area (Å²) >= 11 is 3.42. The van der Waals surface area contributed by atoms with Crippen LogP contribution in [0.2, 0.25) is 0 Å². The van der Waals surface area contributed by atoms with E-state index in [1.165, 1.54) is 18.4 Å². The van der Waals surface area contributed by atoms with Crippen molar-refractivity contribution in [1.29, 1.82) is 0 Å². The molecular formula is C12H15BrO. The third-order valence-electron chi connectivity index (χ3n) is 3.03. The normalized spacial score (nSPS) is 27.6. The Morgan fingerprint density at radius 3 is 2.36 bits per heavy atom. The van der Waals surface area contributed by atoms with E-state index in [2.05, 4.69) is 40.2 Å². The van der Waals surface area contributed by atoms with Gasteiger partial charge in [0.05, 0.1) is 6.10 Å². The van der Waals surface area contributed by atoms with Crippen molar-refractivity contribution >= 4 is 15.9 Å². The van der Waals surface area contributed by atoms with Crippen molar-refractivity contribution < 1.29 is 5.11 Å². The van der Waals surface area contributed by atoms with Gasteiger partial charge in [0.15, 0.2) is 0 Å². The molecule has 1 saturated carbocycles. The Morgan fingerprint density at radius 1 is 1.07 bits per heavy atom. The summed E-state index contributed by atoms with van der Waals surface area (Å²) in [7, 11) is 0. The lowest BCUT2D eigenvalue weighted by Crippen LogP contribution is -2.22. The minimum atomic E-state index is -0.134. The molecule has 1 fully saturated rings. The lowest BCUT2D eigenvalue weighted by Gasteiger charge is -2.27. The van der Waals surface area contributed by atoms with E-state index in [0.29, 0.717) is 5.92 Å². The van der Waals surface area contributed by atoms with Crippen LogP contribution in [0, 0.1) is 0 Å². The van der Waals surface area contributed by atoms with Gasteiger partial charge < -0.3 is 5.11 Å². The van der Waals surface area contributed by atoms with Gasteiger partial charge in [0.1, 0.15) is 0 Å². The molecule has 0 aromatic heterocycles. The van der Waals surface area contributed by atoms with Crippen LogP contribution < -0.4 is 0 Å². The first-order valence-corrected chi connectivity index (χ1v) is 6.00. The second-order valence-electron chi connectivity index (χ2n) is 4.01. The fourth-order valence-corrected chi connectivity index (χ4v) is 2.47. The van der Waals surface area contributed by atoms with Gasteiger partial charge in [-0.1, -0.05) is 40.9 Å². The summed E-state index contributed by atoms with van der Waals surface area (Å²) in [5.41, 5.74) is 1.28. The molecule has 0 unspecified atom stereocenters. The first-order chi connectivity index (χ1) is 6.77. The van der Waals surface area contributed by atoms with Crippen LogP contribution in [0.3, 0.4) is 0 Å². The molecule has 2 rings (SSSR count). The highest BCUT2D eigenvalue weighted by Gasteiger charge is 2.24. The molecule has 0 heterocycles. The van der Waals surface area contributed by atoms with Gasteiger partial charge in [-0.25, -0.2) is 0 Å². The molecule has 1 aromatic rings. The van der Waals surface area contributed by atoms with Crippen molar-refractivity contribution in [3.8, 4) is 0 Å².